The molecule has 30 heavy (non-hydrogen) atoms. The van der Waals surface area contributed by atoms with Crippen LogP contribution in [-0.4, -0.2) is 32.3 Å². The third-order valence-electron chi connectivity index (χ3n) is 4.09. The molecule has 2 amide bonds. The van der Waals surface area contributed by atoms with Gasteiger partial charge in [0.2, 0.25) is 5.91 Å². The highest BCUT2D eigenvalue weighted by atomic mass is 32.2. The fourth-order valence-electron chi connectivity index (χ4n) is 2.65. The van der Waals surface area contributed by atoms with Gasteiger partial charge in [0.1, 0.15) is 18.2 Å². The number of carbonyl (C=O) groups is 2. The molecule has 2 aromatic carbocycles. The lowest BCUT2D eigenvalue weighted by Crippen LogP contribution is -2.19. The number of halogens is 1. The van der Waals surface area contributed by atoms with E-state index in [2.05, 4.69) is 15.5 Å². The standard InChI is InChI=1S/C20H20FN5O3S/c1-2-26-17(11-29-14-9-7-13(21)8-10-14)24-25-20(26)30-12-18(27)23-16-6-4-3-5-15(16)19(22)28/h3-10H,2,11-12H2,1H3,(H2,22,28)(H,23,27). The van der Waals surface area contributed by atoms with E-state index < -0.39 is 5.91 Å². The lowest BCUT2D eigenvalue weighted by Gasteiger charge is -2.10. The van der Waals surface area contributed by atoms with E-state index in [-0.39, 0.29) is 29.6 Å². The second kappa shape index (κ2) is 9.88. The number of benzene rings is 2. The summed E-state index contributed by atoms with van der Waals surface area (Å²) >= 11 is 1.21. The van der Waals surface area contributed by atoms with Gasteiger partial charge in [0, 0.05) is 6.54 Å². The third-order valence-corrected chi connectivity index (χ3v) is 5.06. The van der Waals surface area contributed by atoms with Crippen molar-refractivity contribution >= 4 is 29.3 Å². The van der Waals surface area contributed by atoms with E-state index in [4.69, 9.17) is 10.5 Å². The van der Waals surface area contributed by atoms with Gasteiger partial charge in [0.25, 0.3) is 5.91 Å². The van der Waals surface area contributed by atoms with E-state index in [0.29, 0.717) is 29.0 Å². The molecule has 0 aliphatic rings. The topological polar surface area (TPSA) is 112 Å². The molecule has 3 aromatic rings. The average molecular weight is 429 g/mol. The molecule has 0 unspecified atom stereocenters. The van der Waals surface area contributed by atoms with Gasteiger partial charge in [-0.05, 0) is 43.3 Å². The highest BCUT2D eigenvalue weighted by Gasteiger charge is 2.15. The first kappa shape index (κ1) is 21.3. The molecule has 1 aromatic heterocycles. The van der Waals surface area contributed by atoms with E-state index in [0.717, 1.165) is 0 Å². The van der Waals surface area contributed by atoms with Gasteiger partial charge in [-0.15, -0.1) is 10.2 Å². The lowest BCUT2D eigenvalue weighted by molar-refractivity contribution is -0.113. The van der Waals surface area contributed by atoms with E-state index in [1.807, 2.05) is 11.5 Å². The van der Waals surface area contributed by atoms with Crippen molar-refractivity contribution in [3.8, 4) is 5.75 Å². The summed E-state index contributed by atoms with van der Waals surface area (Å²) in [5.74, 6) is -0.0788. The molecule has 0 spiro atoms. The number of primary amides is 1. The molecule has 1 heterocycles. The number of aromatic nitrogens is 3. The lowest BCUT2D eigenvalue weighted by atomic mass is 10.1. The van der Waals surface area contributed by atoms with Gasteiger partial charge in [-0.25, -0.2) is 4.39 Å². The maximum absolute atomic E-state index is 13.0. The maximum Gasteiger partial charge on any atom is 0.250 e. The Hall–Kier alpha value is -3.40. The van der Waals surface area contributed by atoms with Crippen molar-refractivity contribution < 1.29 is 18.7 Å². The van der Waals surface area contributed by atoms with Gasteiger partial charge < -0.3 is 20.4 Å². The van der Waals surface area contributed by atoms with Crippen molar-refractivity contribution in [3.05, 3.63) is 65.7 Å². The quantitative estimate of drug-likeness (QED) is 0.506. The smallest absolute Gasteiger partial charge is 0.250 e. The Bertz CT molecular complexity index is 1040. The van der Waals surface area contributed by atoms with Gasteiger partial charge in [-0.3, -0.25) is 9.59 Å². The summed E-state index contributed by atoms with van der Waals surface area (Å²) in [4.78, 5) is 23.8. The largest absolute Gasteiger partial charge is 0.486 e. The molecule has 8 nitrogen and oxygen atoms in total. The number of thioether (sulfide) groups is 1. The van der Waals surface area contributed by atoms with Crippen LogP contribution in [0.5, 0.6) is 5.75 Å². The number of anilines is 1. The number of rotatable bonds is 9. The van der Waals surface area contributed by atoms with E-state index in [1.165, 1.54) is 36.0 Å². The SMILES string of the molecule is CCn1c(COc2ccc(F)cc2)nnc1SCC(=O)Nc1ccccc1C(N)=O. The Kier molecular flexibility index (Phi) is 7.02. The van der Waals surface area contributed by atoms with Crippen molar-refractivity contribution in [2.45, 2.75) is 25.2 Å². The molecule has 0 fully saturated rings. The van der Waals surface area contributed by atoms with Gasteiger partial charge >= 0.3 is 0 Å². The van der Waals surface area contributed by atoms with Crippen molar-refractivity contribution in [3.63, 3.8) is 0 Å². The average Bonchev–Trinajstić information content (AvgIpc) is 3.14. The van der Waals surface area contributed by atoms with Gasteiger partial charge in [0.15, 0.2) is 11.0 Å². The molecule has 3 rings (SSSR count). The zero-order chi connectivity index (χ0) is 21.5. The number of nitrogens with zero attached hydrogens (tertiary/aromatic N) is 3. The highest BCUT2D eigenvalue weighted by molar-refractivity contribution is 7.99. The highest BCUT2D eigenvalue weighted by Crippen LogP contribution is 2.20. The molecular weight excluding hydrogens is 409 g/mol. The first-order chi connectivity index (χ1) is 14.5. The Labute approximate surface area is 176 Å². The molecule has 0 aliphatic heterocycles. The first-order valence-electron chi connectivity index (χ1n) is 9.10. The number of ether oxygens (including phenoxy) is 1. The molecule has 0 aliphatic carbocycles. The Balaban J connectivity index is 1.60. The Morgan fingerprint density at radius 1 is 1.17 bits per heavy atom. The summed E-state index contributed by atoms with van der Waals surface area (Å²) in [6.45, 7) is 2.67. The summed E-state index contributed by atoms with van der Waals surface area (Å²) in [5, 5.41) is 11.5. The number of amides is 2. The minimum absolute atomic E-state index is 0.0735. The van der Waals surface area contributed by atoms with Crippen LogP contribution in [0.1, 0.15) is 23.1 Å². The van der Waals surface area contributed by atoms with E-state index in [9.17, 15) is 14.0 Å². The summed E-state index contributed by atoms with van der Waals surface area (Å²) in [5.41, 5.74) is 5.93. The van der Waals surface area contributed by atoms with Gasteiger partial charge in [-0.1, -0.05) is 23.9 Å². The summed E-state index contributed by atoms with van der Waals surface area (Å²) in [7, 11) is 0. The van der Waals surface area contributed by atoms with Crippen LogP contribution in [0.4, 0.5) is 10.1 Å². The van der Waals surface area contributed by atoms with Crippen LogP contribution in [0.2, 0.25) is 0 Å². The number of para-hydroxylation sites is 1. The van der Waals surface area contributed by atoms with Crippen LogP contribution in [0.3, 0.4) is 0 Å². The fourth-order valence-corrected chi connectivity index (χ4v) is 3.47. The minimum atomic E-state index is -0.616. The summed E-state index contributed by atoms with van der Waals surface area (Å²) < 4.78 is 20.4. The zero-order valence-electron chi connectivity index (χ0n) is 16.2. The number of hydrogen-bond acceptors (Lipinski definition) is 6. The molecule has 0 radical (unpaired) electrons. The van der Waals surface area contributed by atoms with Crippen LogP contribution < -0.4 is 15.8 Å². The molecule has 0 saturated carbocycles. The van der Waals surface area contributed by atoms with Crippen LogP contribution in [-0.2, 0) is 17.9 Å². The van der Waals surface area contributed by atoms with Gasteiger partial charge in [0.05, 0.1) is 17.0 Å². The predicted octanol–water partition coefficient (Wildman–Crippen LogP) is 2.85. The molecule has 0 bridgehead atoms. The summed E-state index contributed by atoms with van der Waals surface area (Å²) in [6.07, 6.45) is 0. The van der Waals surface area contributed by atoms with Crippen molar-refractivity contribution in [1.29, 1.82) is 0 Å². The number of hydrogen-bond donors (Lipinski definition) is 2. The van der Waals surface area contributed by atoms with Crippen LogP contribution in [0.25, 0.3) is 0 Å². The normalized spacial score (nSPS) is 10.6. The van der Waals surface area contributed by atoms with Crippen LogP contribution >= 0.6 is 11.8 Å². The molecule has 0 saturated heterocycles. The van der Waals surface area contributed by atoms with Crippen molar-refractivity contribution in [2.24, 2.45) is 5.73 Å². The van der Waals surface area contributed by atoms with Gasteiger partial charge in [-0.2, -0.15) is 0 Å². The minimum Gasteiger partial charge on any atom is -0.486 e. The second-order valence-corrected chi connectivity index (χ2v) is 7.07. The number of nitrogens with one attached hydrogen (secondary N) is 1. The van der Waals surface area contributed by atoms with Crippen molar-refractivity contribution in [1.82, 2.24) is 14.8 Å². The molecule has 10 heteroatoms. The van der Waals surface area contributed by atoms with Crippen molar-refractivity contribution in [2.75, 3.05) is 11.1 Å². The number of nitrogens with two attached hydrogens (primary N) is 1. The maximum atomic E-state index is 13.0. The number of carbonyl (C=O) groups excluding carboxylic acids is 2. The third kappa shape index (κ3) is 5.35. The fraction of sp³-hybridized carbons (Fsp3) is 0.200. The van der Waals surface area contributed by atoms with Crippen LogP contribution in [0, 0.1) is 5.82 Å². The Morgan fingerprint density at radius 2 is 1.90 bits per heavy atom. The van der Waals surface area contributed by atoms with E-state index in [1.54, 1.807) is 24.3 Å². The molecule has 3 N–H and O–H groups in total. The summed E-state index contributed by atoms with van der Waals surface area (Å²) in [6, 6.07) is 12.2. The van der Waals surface area contributed by atoms with Crippen LogP contribution in [0.15, 0.2) is 53.7 Å². The molecule has 0 atom stereocenters. The second-order valence-electron chi connectivity index (χ2n) is 6.13. The monoisotopic (exact) mass is 429 g/mol. The first-order valence-corrected chi connectivity index (χ1v) is 10.1. The Morgan fingerprint density at radius 3 is 2.60 bits per heavy atom. The molecule has 156 valence electrons. The predicted molar refractivity (Wildman–Crippen MR) is 111 cm³/mol. The van der Waals surface area contributed by atoms with E-state index >= 15 is 0 Å². The molecular formula is C20H20FN5O3S. The zero-order valence-corrected chi connectivity index (χ0v) is 17.0.